The van der Waals surface area contributed by atoms with Gasteiger partial charge in [0.25, 0.3) is 0 Å². The molecule has 35 heavy (non-hydrogen) atoms. The fourth-order valence-electron chi connectivity index (χ4n) is 4.05. The molecule has 0 fully saturated rings. The number of aliphatic imine (C=N–C) groups is 1. The van der Waals surface area contributed by atoms with E-state index in [4.69, 9.17) is 9.85 Å². The van der Waals surface area contributed by atoms with E-state index in [0.29, 0.717) is 17.7 Å². The molecule has 0 heterocycles. The van der Waals surface area contributed by atoms with Gasteiger partial charge in [-0.3, -0.25) is 4.79 Å². The maximum Gasteiger partial charge on any atom is 0.326 e. The molecule has 1 amide bonds. The molecule has 0 radical (unpaired) electrons. The van der Waals surface area contributed by atoms with E-state index in [-0.39, 0.29) is 12.8 Å². The zero-order chi connectivity index (χ0) is 28.7. The van der Waals surface area contributed by atoms with Gasteiger partial charge in [0.2, 0.25) is 5.91 Å². The highest BCUT2D eigenvalue weighted by Gasteiger charge is 2.24. The number of amides is 1. The third-order valence-electron chi connectivity index (χ3n) is 6.32. The van der Waals surface area contributed by atoms with Gasteiger partial charge in [-0.05, 0) is 38.5 Å². The predicted molar refractivity (Wildman–Crippen MR) is 149 cm³/mol. The van der Waals surface area contributed by atoms with Gasteiger partial charge < -0.3 is 15.7 Å². The molecule has 3 N–H and O–H groups in total. The highest BCUT2D eigenvalue weighted by atomic mass is 16.4. The molecular formula is C29H55N3O3. The Balaban J connectivity index is 4.35. The van der Waals surface area contributed by atoms with Crippen LogP contribution < -0.4 is 5.73 Å². The van der Waals surface area contributed by atoms with Crippen LogP contribution in [0.15, 0.2) is 17.1 Å². The van der Waals surface area contributed by atoms with Crippen LogP contribution in [-0.4, -0.2) is 40.9 Å². The number of nitrogens with zero attached hydrogens (tertiary/aromatic N) is 2. The van der Waals surface area contributed by atoms with Gasteiger partial charge in [0.1, 0.15) is 6.04 Å². The average molecular weight is 497 g/mol. The molecule has 0 saturated heterocycles. The van der Waals surface area contributed by atoms with Crippen LogP contribution in [0, 0.1) is 0 Å². The summed E-state index contributed by atoms with van der Waals surface area (Å²) in [6.07, 6.45) is 24.3. The third kappa shape index (κ3) is 20.1. The molecule has 0 aromatic carbocycles. The van der Waals surface area contributed by atoms with Crippen molar-refractivity contribution in [2.45, 2.75) is 148 Å². The van der Waals surface area contributed by atoms with Crippen LogP contribution in [0.2, 0.25) is 0 Å². The average Bonchev–Trinajstić information content (AvgIpc) is 2.84. The fourth-order valence-corrected chi connectivity index (χ4v) is 4.05. The molecule has 1 atom stereocenters. The SMILES string of the molecule is [2H]C([2H])([2H])N(C(N)=NC(=O)CCCCCCC/C=C\CCCCCCCC)C(CCCCCCC)C(=O)O. The summed E-state index contributed by atoms with van der Waals surface area (Å²) >= 11 is 0. The van der Waals surface area contributed by atoms with E-state index >= 15 is 0 Å². The van der Waals surface area contributed by atoms with Crippen molar-refractivity contribution in [3.63, 3.8) is 0 Å². The van der Waals surface area contributed by atoms with Crippen LogP contribution in [0.4, 0.5) is 0 Å². The summed E-state index contributed by atoms with van der Waals surface area (Å²) in [4.78, 5) is 28.5. The van der Waals surface area contributed by atoms with Crippen molar-refractivity contribution in [2.75, 3.05) is 6.98 Å². The zero-order valence-corrected chi connectivity index (χ0v) is 22.6. The highest BCUT2D eigenvalue weighted by molar-refractivity contribution is 5.94. The Morgan fingerprint density at radius 1 is 0.829 bits per heavy atom. The number of guanidine groups is 1. The predicted octanol–water partition coefficient (Wildman–Crippen LogP) is 7.61. The summed E-state index contributed by atoms with van der Waals surface area (Å²) in [5.74, 6) is -2.33. The van der Waals surface area contributed by atoms with E-state index < -0.39 is 30.9 Å². The number of aliphatic carboxylic acids is 1. The molecule has 0 aliphatic heterocycles. The van der Waals surface area contributed by atoms with E-state index in [1.807, 2.05) is 0 Å². The summed E-state index contributed by atoms with van der Waals surface area (Å²) in [6, 6.07) is -1.35. The largest absolute Gasteiger partial charge is 0.480 e. The molecule has 6 nitrogen and oxygen atoms in total. The number of likely N-dealkylation sites (N-methyl/N-ethyl adjacent to an activating group) is 1. The Morgan fingerprint density at radius 3 is 1.83 bits per heavy atom. The normalized spacial score (nSPS) is 14.5. The lowest BCUT2D eigenvalue weighted by Gasteiger charge is -2.25. The van der Waals surface area contributed by atoms with E-state index in [9.17, 15) is 14.7 Å². The van der Waals surface area contributed by atoms with Crippen molar-refractivity contribution >= 4 is 17.8 Å². The molecule has 0 aliphatic rings. The van der Waals surface area contributed by atoms with Crippen molar-refractivity contribution in [2.24, 2.45) is 10.7 Å². The second-order valence-corrected chi connectivity index (χ2v) is 9.62. The Bertz CT molecular complexity index is 682. The van der Waals surface area contributed by atoms with Gasteiger partial charge in [-0.1, -0.05) is 109 Å². The van der Waals surface area contributed by atoms with Gasteiger partial charge in [-0.15, -0.1) is 0 Å². The molecule has 0 rings (SSSR count). The van der Waals surface area contributed by atoms with Crippen molar-refractivity contribution in [1.29, 1.82) is 0 Å². The number of carbonyl (C=O) groups excluding carboxylic acids is 1. The van der Waals surface area contributed by atoms with Gasteiger partial charge in [0.05, 0.1) is 0 Å². The fraction of sp³-hybridized carbons (Fsp3) is 0.828. The molecule has 0 bridgehead atoms. The minimum absolute atomic E-state index is 0.135. The summed E-state index contributed by atoms with van der Waals surface area (Å²) in [5, 5.41) is 9.65. The van der Waals surface area contributed by atoms with Crippen molar-refractivity contribution < 1.29 is 18.8 Å². The van der Waals surface area contributed by atoms with Crippen LogP contribution in [0.25, 0.3) is 0 Å². The van der Waals surface area contributed by atoms with Crippen LogP contribution in [0.1, 0.15) is 146 Å². The number of nitrogens with two attached hydrogens (primary N) is 1. The summed E-state index contributed by atoms with van der Waals surface area (Å²) in [5.41, 5.74) is 5.88. The van der Waals surface area contributed by atoms with Crippen molar-refractivity contribution in [1.82, 2.24) is 4.90 Å². The maximum atomic E-state index is 12.3. The highest BCUT2D eigenvalue weighted by Crippen LogP contribution is 2.13. The van der Waals surface area contributed by atoms with Gasteiger partial charge in [0.15, 0.2) is 5.96 Å². The Hall–Kier alpha value is -1.85. The molecule has 6 heteroatoms. The third-order valence-corrected chi connectivity index (χ3v) is 6.32. The summed E-state index contributed by atoms with van der Waals surface area (Å²) in [7, 11) is 0. The van der Waals surface area contributed by atoms with Gasteiger partial charge in [0, 0.05) is 17.5 Å². The lowest BCUT2D eigenvalue weighted by molar-refractivity contribution is -0.141. The summed E-state index contributed by atoms with van der Waals surface area (Å²) in [6.45, 7) is 1.52. The van der Waals surface area contributed by atoms with Gasteiger partial charge in [-0.2, -0.15) is 4.99 Å². The van der Waals surface area contributed by atoms with E-state index in [2.05, 4.69) is 31.0 Å². The number of hydrogen-bond acceptors (Lipinski definition) is 2. The first-order valence-electron chi connectivity index (χ1n) is 15.7. The van der Waals surface area contributed by atoms with Crippen molar-refractivity contribution in [3.05, 3.63) is 12.2 Å². The van der Waals surface area contributed by atoms with Gasteiger partial charge >= 0.3 is 5.97 Å². The maximum absolute atomic E-state index is 12.3. The second kappa shape index (κ2) is 23.9. The van der Waals surface area contributed by atoms with Crippen LogP contribution in [0.3, 0.4) is 0 Å². The van der Waals surface area contributed by atoms with Crippen molar-refractivity contribution in [3.8, 4) is 0 Å². The minimum Gasteiger partial charge on any atom is -0.480 e. The molecule has 1 unspecified atom stereocenters. The standard InChI is InChI=1S/C29H55N3O3/c1-4-6-8-10-11-12-13-14-15-16-17-18-19-21-23-25-27(33)31-29(30)32(3)26(28(34)35)24-22-20-9-7-5-2/h14-15,26H,4-13,16-25H2,1-3H3,(H,34,35)(H2,30,31,33)/b15-14-/i3D3. The van der Waals surface area contributed by atoms with E-state index in [1.54, 1.807) is 0 Å². The smallest absolute Gasteiger partial charge is 0.326 e. The molecule has 0 saturated carbocycles. The Morgan fingerprint density at radius 2 is 1.31 bits per heavy atom. The van der Waals surface area contributed by atoms with E-state index in [0.717, 1.165) is 57.8 Å². The number of rotatable bonds is 23. The number of allylic oxidation sites excluding steroid dienone is 2. The first-order valence-corrected chi connectivity index (χ1v) is 14.2. The first-order chi connectivity index (χ1) is 18.1. The molecule has 0 aromatic rings. The number of carbonyl (C=O) groups is 2. The lowest BCUT2D eigenvalue weighted by atomic mass is 10.1. The molecule has 0 aromatic heterocycles. The minimum atomic E-state index is -2.80. The van der Waals surface area contributed by atoms with Crippen LogP contribution >= 0.6 is 0 Å². The van der Waals surface area contributed by atoms with E-state index in [1.165, 1.54) is 44.9 Å². The molecular weight excluding hydrogens is 438 g/mol. The number of hydrogen-bond donors (Lipinski definition) is 2. The number of carboxylic acids is 1. The molecule has 204 valence electrons. The van der Waals surface area contributed by atoms with Gasteiger partial charge in [-0.25, -0.2) is 4.79 Å². The first kappa shape index (κ1) is 27.7. The second-order valence-electron chi connectivity index (χ2n) is 9.62. The molecule has 0 aliphatic carbocycles. The van der Waals surface area contributed by atoms with Crippen LogP contribution in [0.5, 0.6) is 0 Å². The number of carboxylic acid groups (broad SMARTS) is 1. The topological polar surface area (TPSA) is 96.0 Å². The molecule has 0 spiro atoms. The van der Waals surface area contributed by atoms with Crippen LogP contribution in [-0.2, 0) is 9.59 Å². The summed E-state index contributed by atoms with van der Waals surface area (Å²) < 4.78 is 23.3. The Labute approximate surface area is 220 Å². The quantitative estimate of drug-likeness (QED) is 0.0656. The Kier molecular flexibility index (Phi) is 18.9. The lowest BCUT2D eigenvalue weighted by Crippen LogP contribution is -2.46. The monoisotopic (exact) mass is 496 g/mol. The number of unbranched alkanes of at least 4 members (excludes halogenated alkanes) is 15. The zero-order valence-electron chi connectivity index (χ0n) is 25.6.